The van der Waals surface area contributed by atoms with Gasteiger partial charge in [-0.05, 0) is 22.2 Å². The highest BCUT2D eigenvalue weighted by Gasteiger charge is 2.66. The number of hydrogen-bond donors (Lipinski definition) is 1. The van der Waals surface area contributed by atoms with Crippen molar-refractivity contribution in [3.8, 4) is 0 Å². The van der Waals surface area contributed by atoms with Gasteiger partial charge in [0, 0.05) is 21.3 Å². The number of aliphatic hydroxyl groups excluding tert-OH is 1. The molecule has 12 heteroatoms. The van der Waals surface area contributed by atoms with E-state index in [-0.39, 0.29) is 42.5 Å². The van der Waals surface area contributed by atoms with Gasteiger partial charge in [0.25, 0.3) is 0 Å². The van der Waals surface area contributed by atoms with Gasteiger partial charge in [-0.2, -0.15) is 0 Å². The summed E-state index contributed by atoms with van der Waals surface area (Å²) in [4.78, 5) is 0. The molecule has 1 N–H and O–H groups in total. The van der Waals surface area contributed by atoms with E-state index < -0.39 is 53.7 Å². The molecule has 0 unspecified atom stereocenters. The third-order valence-electron chi connectivity index (χ3n) is 7.28. The Kier molecular flexibility index (Phi) is 12.4. The van der Waals surface area contributed by atoms with Gasteiger partial charge in [-0.1, -0.05) is 55.4 Å². The zero-order valence-electron chi connectivity index (χ0n) is 24.0. The van der Waals surface area contributed by atoms with E-state index in [1.54, 1.807) is 14.2 Å². The van der Waals surface area contributed by atoms with Crippen molar-refractivity contribution < 1.29 is 46.5 Å². The van der Waals surface area contributed by atoms with Gasteiger partial charge >= 0.3 is 17.1 Å². The van der Waals surface area contributed by atoms with Crippen LogP contribution in [0.4, 0.5) is 0 Å². The lowest BCUT2D eigenvalue weighted by atomic mass is 9.84. The summed E-state index contributed by atoms with van der Waals surface area (Å²) >= 11 is 0. The van der Waals surface area contributed by atoms with Crippen molar-refractivity contribution in [3.63, 3.8) is 0 Å². The molecule has 1 saturated carbocycles. The molecule has 2 fully saturated rings. The molecule has 1 aliphatic carbocycles. The van der Waals surface area contributed by atoms with E-state index in [9.17, 15) is 5.11 Å². The smallest absolute Gasteiger partial charge is 0.335 e. The summed E-state index contributed by atoms with van der Waals surface area (Å²) < 4.78 is 55.4. The van der Waals surface area contributed by atoms with Gasteiger partial charge in [0.05, 0.1) is 0 Å². The highest BCUT2D eigenvalue weighted by Crippen LogP contribution is 2.50. The molecular formula is C24H50O10Si2. The highest BCUT2D eigenvalue weighted by molar-refractivity contribution is 6.84. The first kappa shape index (κ1) is 32.2. The molecule has 6 atom stereocenters. The van der Waals surface area contributed by atoms with Gasteiger partial charge in [-0.15, -0.1) is 0 Å². The maximum absolute atomic E-state index is 11.5. The summed E-state index contributed by atoms with van der Waals surface area (Å²) in [6.45, 7) is 17.2. The largest absolute Gasteiger partial charge is 0.414 e. The molecule has 0 amide bonds. The Morgan fingerprint density at radius 2 is 0.917 bits per heavy atom. The van der Waals surface area contributed by atoms with Crippen LogP contribution in [0.15, 0.2) is 0 Å². The Hall–Kier alpha value is 0.0338. The van der Waals surface area contributed by atoms with Crippen LogP contribution in [-0.2, 0) is 41.4 Å². The molecular weight excluding hydrogens is 504 g/mol. The van der Waals surface area contributed by atoms with Crippen molar-refractivity contribution >= 4 is 17.1 Å². The number of fused-ring (bicyclic) bond motifs is 1. The molecule has 1 aliphatic heterocycles. The monoisotopic (exact) mass is 554 g/mol. The van der Waals surface area contributed by atoms with E-state index in [1.807, 2.05) is 0 Å². The van der Waals surface area contributed by atoms with Gasteiger partial charge in [-0.3, -0.25) is 0 Å². The SMILES string of the molecule is COCO[C@H]1[C@@H]2O[Si](C(C)C)(C(C)C)O[Si](C(C)C)(C(C)C)O[C@H]2[C@@H](OCOC)[C@@H](O)[C@@H]1OCOC. The lowest BCUT2D eigenvalue weighted by molar-refractivity contribution is -0.279. The van der Waals surface area contributed by atoms with Crippen LogP contribution >= 0.6 is 0 Å². The maximum Gasteiger partial charge on any atom is 0.335 e. The standard InChI is InChI=1S/C24H50O10Si2/c1-15(2)35(16(3)4)32-23-21(30-13-27-10)19(25)20(29-12-26-9)22(31-14-28-11)24(23)33-36(34-35,17(5)6)18(7)8/h15-25H,12-14H2,1-11H3/t19-,20-,21-,22+,23-,24-/m0/s1. The molecule has 2 aliphatic rings. The Morgan fingerprint density at radius 3 is 1.28 bits per heavy atom. The van der Waals surface area contributed by atoms with Gasteiger partial charge in [0.2, 0.25) is 0 Å². The summed E-state index contributed by atoms with van der Waals surface area (Å²) in [6.07, 6.45) is -4.71. The average Bonchev–Trinajstić information content (AvgIpc) is 2.98. The number of aliphatic hydroxyl groups is 1. The van der Waals surface area contributed by atoms with Crippen LogP contribution in [0.2, 0.25) is 22.2 Å². The van der Waals surface area contributed by atoms with Crippen LogP contribution in [0.1, 0.15) is 55.4 Å². The fourth-order valence-corrected chi connectivity index (χ4v) is 16.8. The summed E-state index contributed by atoms with van der Waals surface area (Å²) in [5, 5.41) is 11.5. The molecule has 0 bridgehead atoms. The van der Waals surface area contributed by atoms with E-state index in [4.69, 9.17) is 41.4 Å². The zero-order valence-corrected chi connectivity index (χ0v) is 26.0. The van der Waals surface area contributed by atoms with E-state index in [2.05, 4.69) is 55.4 Å². The Labute approximate surface area is 219 Å². The van der Waals surface area contributed by atoms with Crippen LogP contribution in [0.25, 0.3) is 0 Å². The van der Waals surface area contributed by atoms with Crippen molar-refractivity contribution in [1.82, 2.24) is 0 Å². The number of hydrogen-bond acceptors (Lipinski definition) is 10. The first-order valence-electron chi connectivity index (χ1n) is 13.0. The number of rotatable bonds is 13. The third kappa shape index (κ3) is 6.42. The lowest BCUT2D eigenvalue weighted by Crippen LogP contribution is -2.68. The van der Waals surface area contributed by atoms with Crippen LogP contribution in [-0.4, -0.2) is 101 Å². The van der Waals surface area contributed by atoms with E-state index in [0.29, 0.717) is 0 Å². The summed E-state index contributed by atoms with van der Waals surface area (Å²) in [6, 6.07) is 0. The van der Waals surface area contributed by atoms with E-state index in [0.717, 1.165) is 0 Å². The average molecular weight is 555 g/mol. The molecule has 10 nitrogen and oxygen atoms in total. The minimum absolute atomic E-state index is 0.00386. The number of ether oxygens (including phenoxy) is 6. The molecule has 214 valence electrons. The fraction of sp³-hybridized carbons (Fsp3) is 1.00. The molecule has 2 rings (SSSR count). The lowest BCUT2D eigenvalue weighted by Gasteiger charge is -2.49. The van der Waals surface area contributed by atoms with E-state index >= 15 is 0 Å². The summed E-state index contributed by atoms with van der Waals surface area (Å²) in [5.41, 5.74) is 0.530. The Balaban J connectivity index is 2.76. The van der Waals surface area contributed by atoms with Gasteiger partial charge in [0.15, 0.2) is 0 Å². The molecule has 0 aromatic rings. The van der Waals surface area contributed by atoms with Gasteiger partial charge in [-0.25, -0.2) is 0 Å². The Bertz CT molecular complexity index is 634. The van der Waals surface area contributed by atoms with Crippen LogP contribution < -0.4 is 0 Å². The minimum atomic E-state index is -2.92. The molecule has 36 heavy (non-hydrogen) atoms. The van der Waals surface area contributed by atoms with Crippen molar-refractivity contribution in [2.45, 2.75) is 114 Å². The topological polar surface area (TPSA) is 103 Å². The highest BCUT2D eigenvalue weighted by atomic mass is 28.5. The summed E-state index contributed by atoms with van der Waals surface area (Å²) in [5.74, 6) is 0. The second kappa shape index (κ2) is 13.9. The van der Waals surface area contributed by atoms with E-state index in [1.165, 1.54) is 7.11 Å². The molecule has 0 radical (unpaired) electrons. The quantitative estimate of drug-likeness (QED) is 0.268. The van der Waals surface area contributed by atoms with Crippen molar-refractivity contribution in [2.75, 3.05) is 41.7 Å². The zero-order chi connectivity index (χ0) is 27.3. The molecule has 1 saturated heterocycles. The van der Waals surface area contributed by atoms with Crippen LogP contribution in [0, 0.1) is 0 Å². The Morgan fingerprint density at radius 1 is 0.583 bits per heavy atom. The van der Waals surface area contributed by atoms with Crippen molar-refractivity contribution in [2.24, 2.45) is 0 Å². The predicted molar refractivity (Wildman–Crippen MR) is 139 cm³/mol. The van der Waals surface area contributed by atoms with Gasteiger partial charge < -0.3 is 46.5 Å². The maximum atomic E-state index is 11.5. The number of methoxy groups -OCH3 is 3. The second-order valence-electron chi connectivity index (χ2n) is 10.9. The van der Waals surface area contributed by atoms with Crippen molar-refractivity contribution in [1.29, 1.82) is 0 Å². The van der Waals surface area contributed by atoms with Crippen LogP contribution in [0.3, 0.4) is 0 Å². The minimum Gasteiger partial charge on any atom is -0.414 e. The fourth-order valence-electron chi connectivity index (χ4n) is 5.49. The van der Waals surface area contributed by atoms with Crippen molar-refractivity contribution in [3.05, 3.63) is 0 Å². The third-order valence-corrected chi connectivity index (χ3v) is 17.6. The molecule has 0 aromatic carbocycles. The van der Waals surface area contributed by atoms with Crippen LogP contribution in [0.5, 0.6) is 0 Å². The first-order valence-corrected chi connectivity index (χ1v) is 16.9. The predicted octanol–water partition coefficient (Wildman–Crippen LogP) is 3.65. The first-order chi connectivity index (χ1) is 16.9. The van der Waals surface area contributed by atoms with Gasteiger partial charge in [0.1, 0.15) is 57.0 Å². The molecule has 0 aromatic heterocycles. The second-order valence-corrected chi connectivity index (χ2v) is 19.7. The molecule has 0 spiro atoms. The normalized spacial score (nSPS) is 32.3. The summed E-state index contributed by atoms with van der Waals surface area (Å²) in [7, 11) is -1.22. The molecule has 1 heterocycles.